The van der Waals surface area contributed by atoms with Crippen LogP contribution in [0.1, 0.15) is 34.8 Å². The van der Waals surface area contributed by atoms with Crippen LogP contribution in [0.5, 0.6) is 0 Å². The molecule has 0 aromatic heterocycles. The largest absolute Gasteiger partial charge is 0.348 e. The molecular formula is C23H27Cl2N3O2. The lowest BCUT2D eigenvalue weighted by Crippen LogP contribution is -2.47. The second-order valence-corrected chi connectivity index (χ2v) is 8.77. The molecule has 30 heavy (non-hydrogen) atoms. The fraction of sp³-hybridized carbons (Fsp3) is 0.391. The van der Waals surface area contributed by atoms with Gasteiger partial charge in [-0.25, -0.2) is 0 Å². The normalized spacial score (nSPS) is 17.6. The Bertz CT molecular complexity index is 889. The van der Waals surface area contributed by atoms with Crippen LogP contribution in [0.15, 0.2) is 48.5 Å². The van der Waals surface area contributed by atoms with E-state index in [0.717, 1.165) is 18.4 Å². The predicted octanol–water partition coefficient (Wildman–Crippen LogP) is 4.26. The first-order valence-corrected chi connectivity index (χ1v) is 10.8. The van der Waals surface area contributed by atoms with Crippen molar-refractivity contribution in [3.05, 3.63) is 69.7 Å². The standard InChI is InChI=1S/C23H27Cl2N3O2/c1-27(2)15-21(16-7-4-3-5-8-16)26-22(29)18-9-6-12-28(14-18)23(30)17-10-11-19(24)20(25)13-17/h3-5,7-8,10-11,13,18,21H,6,9,12,14-15H2,1-2H3,(H,26,29). The first kappa shape index (κ1) is 22.6. The molecule has 3 rings (SSSR count). The molecule has 1 heterocycles. The molecular weight excluding hydrogens is 421 g/mol. The van der Waals surface area contributed by atoms with Gasteiger partial charge in [0.1, 0.15) is 0 Å². The Morgan fingerprint density at radius 3 is 2.53 bits per heavy atom. The van der Waals surface area contributed by atoms with E-state index in [9.17, 15) is 9.59 Å². The molecule has 2 amide bonds. The lowest BCUT2D eigenvalue weighted by Gasteiger charge is -2.33. The number of benzene rings is 2. The summed E-state index contributed by atoms with van der Waals surface area (Å²) in [4.78, 5) is 29.8. The van der Waals surface area contributed by atoms with E-state index in [2.05, 4.69) is 10.2 Å². The lowest BCUT2D eigenvalue weighted by atomic mass is 9.95. The van der Waals surface area contributed by atoms with Crippen molar-refractivity contribution in [3.8, 4) is 0 Å². The molecule has 5 nitrogen and oxygen atoms in total. The van der Waals surface area contributed by atoms with Crippen LogP contribution in [0.3, 0.4) is 0 Å². The molecule has 0 radical (unpaired) electrons. The number of nitrogens with one attached hydrogen (secondary N) is 1. The van der Waals surface area contributed by atoms with Crippen LogP contribution in [0.2, 0.25) is 10.0 Å². The lowest BCUT2D eigenvalue weighted by molar-refractivity contribution is -0.127. The predicted molar refractivity (Wildman–Crippen MR) is 121 cm³/mol. The Kier molecular flexibility index (Phi) is 7.75. The van der Waals surface area contributed by atoms with Crippen LogP contribution < -0.4 is 5.32 Å². The number of piperidine rings is 1. The van der Waals surface area contributed by atoms with E-state index in [1.54, 1.807) is 23.1 Å². The van der Waals surface area contributed by atoms with Gasteiger partial charge in [0.25, 0.3) is 5.91 Å². The third kappa shape index (κ3) is 5.75. The highest BCUT2D eigenvalue weighted by Gasteiger charge is 2.30. The molecule has 1 fully saturated rings. The van der Waals surface area contributed by atoms with Gasteiger partial charge in [-0.2, -0.15) is 0 Å². The first-order valence-electron chi connectivity index (χ1n) is 10.1. The fourth-order valence-corrected chi connectivity index (χ4v) is 4.06. The Balaban J connectivity index is 1.68. The molecule has 1 N–H and O–H groups in total. The molecule has 1 aliphatic heterocycles. The summed E-state index contributed by atoms with van der Waals surface area (Å²) in [6, 6.07) is 14.7. The minimum atomic E-state index is -0.237. The highest BCUT2D eigenvalue weighted by Crippen LogP contribution is 2.25. The van der Waals surface area contributed by atoms with Gasteiger partial charge in [-0.1, -0.05) is 53.5 Å². The number of carbonyl (C=O) groups excluding carboxylic acids is 2. The van der Waals surface area contributed by atoms with Crippen molar-refractivity contribution in [3.63, 3.8) is 0 Å². The Hall–Kier alpha value is -2.08. The summed E-state index contributed by atoms with van der Waals surface area (Å²) >= 11 is 12.0. The van der Waals surface area contributed by atoms with Crippen molar-refractivity contribution in [2.45, 2.75) is 18.9 Å². The minimum absolute atomic E-state index is 0.0164. The van der Waals surface area contributed by atoms with Crippen LogP contribution in [-0.2, 0) is 4.79 Å². The van der Waals surface area contributed by atoms with Gasteiger partial charge >= 0.3 is 0 Å². The van der Waals surface area contributed by atoms with Gasteiger partial charge in [-0.05, 0) is 50.7 Å². The zero-order valence-corrected chi connectivity index (χ0v) is 18.8. The zero-order chi connectivity index (χ0) is 21.7. The topological polar surface area (TPSA) is 52.7 Å². The summed E-state index contributed by atoms with van der Waals surface area (Å²) < 4.78 is 0. The van der Waals surface area contributed by atoms with E-state index in [1.165, 1.54) is 0 Å². The smallest absolute Gasteiger partial charge is 0.253 e. The Morgan fingerprint density at radius 2 is 1.87 bits per heavy atom. The Morgan fingerprint density at radius 1 is 1.13 bits per heavy atom. The number of likely N-dealkylation sites (tertiary alicyclic amines) is 1. The molecule has 2 aromatic rings. The summed E-state index contributed by atoms with van der Waals surface area (Å²) in [5, 5.41) is 3.96. The molecule has 0 bridgehead atoms. The van der Waals surface area contributed by atoms with Gasteiger partial charge in [0, 0.05) is 25.2 Å². The van der Waals surface area contributed by atoms with E-state index < -0.39 is 0 Å². The molecule has 2 aromatic carbocycles. The molecule has 2 atom stereocenters. The third-order valence-corrected chi connectivity index (χ3v) is 6.05. The minimum Gasteiger partial charge on any atom is -0.348 e. The van der Waals surface area contributed by atoms with Crippen LogP contribution >= 0.6 is 23.2 Å². The second-order valence-electron chi connectivity index (χ2n) is 7.95. The number of rotatable bonds is 6. The average molecular weight is 448 g/mol. The maximum absolute atomic E-state index is 13.1. The number of hydrogen-bond acceptors (Lipinski definition) is 3. The summed E-state index contributed by atoms with van der Waals surface area (Å²) in [6.07, 6.45) is 1.55. The van der Waals surface area contributed by atoms with Crippen LogP contribution in [0.25, 0.3) is 0 Å². The number of nitrogens with zero attached hydrogens (tertiary/aromatic N) is 2. The highest BCUT2D eigenvalue weighted by atomic mass is 35.5. The molecule has 0 spiro atoms. The second kappa shape index (κ2) is 10.3. The van der Waals surface area contributed by atoms with Crippen LogP contribution in [0.4, 0.5) is 0 Å². The van der Waals surface area contributed by atoms with Crippen LogP contribution in [-0.4, -0.2) is 55.3 Å². The molecule has 0 saturated carbocycles. The van der Waals surface area contributed by atoms with E-state index in [0.29, 0.717) is 35.2 Å². The quantitative estimate of drug-likeness (QED) is 0.719. The van der Waals surface area contributed by atoms with Crippen molar-refractivity contribution in [2.24, 2.45) is 5.92 Å². The van der Waals surface area contributed by atoms with Crippen molar-refractivity contribution in [2.75, 3.05) is 33.7 Å². The van der Waals surface area contributed by atoms with Crippen molar-refractivity contribution in [1.82, 2.24) is 15.1 Å². The van der Waals surface area contributed by atoms with E-state index in [4.69, 9.17) is 23.2 Å². The number of carbonyl (C=O) groups is 2. The van der Waals surface area contributed by atoms with Gasteiger partial charge in [0.15, 0.2) is 0 Å². The molecule has 7 heteroatoms. The summed E-state index contributed by atoms with van der Waals surface area (Å²) in [5.41, 5.74) is 1.55. The SMILES string of the molecule is CN(C)CC(NC(=O)C1CCCN(C(=O)c2ccc(Cl)c(Cl)c2)C1)c1ccccc1. The molecule has 1 aliphatic rings. The average Bonchev–Trinajstić information content (AvgIpc) is 2.75. The number of hydrogen-bond donors (Lipinski definition) is 1. The monoisotopic (exact) mass is 447 g/mol. The highest BCUT2D eigenvalue weighted by molar-refractivity contribution is 6.42. The third-order valence-electron chi connectivity index (χ3n) is 5.31. The molecule has 1 saturated heterocycles. The summed E-state index contributed by atoms with van der Waals surface area (Å²) in [6.45, 7) is 1.73. The zero-order valence-electron chi connectivity index (χ0n) is 17.3. The number of likely N-dealkylation sites (N-methyl/N-ethyl adjacent to an activating group) is 1. The number of halogens is 2. The van der Waals surface area contributed by atoms with Crippen molar-refractivity contribution in [1.29, 1.82) is 0 Å². The van der Waals surface area contributed by atoms with Crippen molar-refractivity contribution < 1.29 is 9.59 Å². The molecule has 2 unspecified atom stereocenters. The summed E-state index contributed by atoms with van der Waals surface area (Å²) in [5.74, 6) is -0.379. The molecule has 0 aliphatic carbocycles. The van der Waals surface area contributed by atoms with Gasteiger partial charge < -0.3 is 15.1 Å². The maximum Gasteiger partial charge on any atom is 0.253 e. The van der Waals surface area contributed by atoms with Crippen LogP contribution in [0, 0.1) is 5.92 Å². The van der Waals surface area contributed by atoms with E-state index in [-0.39, 0.29) is 23.8 Å². The molecule has 160 valence electrons. The number of amides is 2. The maximum atomic E-state index is 13.1. The Labute approximate surface area is 187 Å². The first-order chi connectivity index (χ1) is 14.3. The van der Waals surface area contributed by atoms with E-state index >= 15 is 0 Å². The van der Waals surface area contributed by atoms with Gasteiger partial charge in [0.2, 0.25) is 5.91 Å². The summed E-state index contributed by atoms with van der Waals surface area (Å²) in [7, 11) is 3.97. The fourth-order valence-electron chi connectivity index (χ4n) is 3.76. The van der Waals surface area contributed by atoms with E-state index in [1.807, 2.05) is 44.4 Å². The van der Waals surface area contributed by atoms with Gasteiger partial charge in [-0.3, -0.25) is 9.59 Å². The van der Waals surface area contributed by atoms with Crippen molar-refractivity contribution >= 4 is 35.0 Å². The van der Waals surface area contributed by atoms with Gasteiger partial charge in [0.05, 0.1) is 22.0 Å². The van der Waals surface area contributed by atoms with Gasteiger partial charge in [-0.15, -0.1) is 0 Å².